The first-order valence-corrected chi connectivity index (χ1v) is 7.90. The van der Waals surface area contributed by atoms with E-state index in [0.29, 0.717) is 17.0 Å². The molecule has 18 heavy (non-hydrogen) atoms. The molecule has 2 fully saturated rings. The van der Waals surface area contributed by atoms with Gasteiger partial charge in [-0.2, -0.15) is 0 Å². The highest BCUT2D eigenvalue weighted by Gasteiger charge is 2.37. The van der Waals surface area contributed by atoms with Gasteiger partial charge in [-0.05, 0) is 44.7 Å². The summed E-state index contributed by atoms with van der Waals surface area (Å²) in [6.45, 7) is 13.3. The number of rotatable bonds is 1. The summed E-state index contributed by atoms with van der Waals surface area (Å²) in [4.78, 5) is 2.81. The minimum Gasteiger partial charge on any atom is -0.312 e. The van der Waals surface area contributed by atoms with Gasteiger partial charge >= 0.3 is 0 Å². The van der Waals surface area contributed by atoms with Crippen LogP contribution in [0.2, 0.25) is 0 Å². The monoisotopic (exact) mass is 252 g/mol. The molecule has 0 aromatic rings. The zero-order chi connectivity index (χ0) is 13.2. The summed E-state index contributed by atoms with van der Waals surface area (Å²) >= 11 is 0. The lowest BCUT2D eigenvalue weighted by Gasteiger charge is -2.46. The van der Waals surface area contributed by atoms with Gasteiger partial charge in [0.2, 0.25) is 0 Å². The molecule has 1 aliphatic carbocycles. The highest BCUT2D eigenvalue weighted by atomic mass is 15.2. The first kappa shape index (κ1) is 14.3. The summed E-state index contributed by atoms with van der Waals surface area (Å²) in [6, 6.07) is 0.638. The van der Waals surface area contributed by atoms with E-state index in [-0.39, 0.29) is 0 Å². The van der Waals surface area contributed by atoms with Crippen molar-refractivity contribution in [3.8, 4) is 0 Å². The lowest BCUT2D eigenvalue weighted by molar-refractivity contribution is 0.0519. The average molecular weight is 252 g/mol. The maximum atomic E-state index is 3.77. The number of nitrogens with one attached hydrogen (secondary N) is 1. The summed E-state index contributed by atoms with van der Waals surface area (Å²) in [5.41, 5.74) is 0.849. The minimum atomic E-state index is 0.369. The van der Waals surface area contributed by atoms with Gasteiger partial charge in [-0.15, -0.1) is 0 Å². The summed E-state index contributed by atoms with van der Waals surface area (Å²) < 4.78 is 0. The minimum absolute atomic E-state index is 0.369. The normalized spacial score (nSPS) is 31.0. The van der Waals surface area contributed by atoms with Gasteiger partial charge in [0.1, 0.15) is 0 Å². The number of nitrogens with zero attached hydrogens (tertiary/aromatic N) is 1. The van der Waals surface area contributed by atoms with Crippen LogP contribution < -0.4 is 5.32 Å². The van der Waals surface area contributed by atoms with Crippen LogP contribution in [0.4, 0.5) is 0 Å². The largest absolute Gasteiger partial charge is 0.312 e. The molecule has 1 saturated heterocycles. The maximum Gasteiger partial charge on any atom is 0.0243 e. The molecular weight excluding hydrogens is 220 g/mol. The molecule has 106 valence electrons. The Morgan fingerprint density at radius 1 is 1.06 bits per heavy atom. The lowest BCUT2D eigenvalue weighted by atomic mass is 9.80. The van der Waals surface area contributed by atoms with E-state index in [1.54, 1.807) is 0 Å². The standard InChI is InChI=1S/C16H32N2/c1-15(2,3)14-13-18(12-8-11-17-14)16(4)9-6-5-7-10-16/h14,17H,5-13H2,1-4H3. The Labute approximate surface area is 114 Å². The van der Waals surface area contributed by atoms with Gasteiger partial charge in [-0.25, -0.2) is 0 Å². The predicted molar refractivity (Wildman–Crippen MR) is 78.9 cm³/mol. The van der Waals surface area contributed by atoms with Crippen LogP contribution in [0.3, 0.4) is 0 Å². The molecule has 0 aromatic heterocycles. The van der Waals surface area contributed by atoms with Crippen LogP contribution in [0.25, 0.3) is 0 Å². The third kappa shape index (κ3) is 3.27. The highest BCUT2D eigenvalue weighted by Crippen LogP contribution is 2.35. The molecule has 0 radical (unpaired) electrons. The Morgan fingerprint density at radius 3 is 2.33 bits per heavy atom. The van der Waals surface area contributed by atoms with Gasteiger partial charge < -0.3 is 5.32 Å². The second-order valence-electron chi connectivity index (χ2n) is 7.73. The SMILES string of the molecule is CC(C)(C)C1CN(C2(C)CCCCC2)CCCN1. The molecule has 1 heterocycles. The second kappa shape index (κ2) is 5.50. The maximum absolute atomic E-state index is 3.77. The van der Waals surface area contributed by atoms with Gasteiger partial charge in [0.15, 0.2) is 0 Å². The first-order chi connectivity index (χ1) is 8.42. The smallest absolute Gasteiger partial charge is 0.0243 e. The Balaban J connectivity index is 2.06. The molecule has 0 spiro atoms. The van der Waals surface area contributed by atoms with E-state index in [1.165, 1.54) is 58.2 Å². The number of hydrogen-bond donors (Lipinski definition) is 1. The number of hydrogen-bond acceptors (Lipinski definition) is 2. The zero-order valence-corrected chi connectivity index (χ0v) is 12.9. The van der Waals surface area contributed by atoms with Crippen LogP contribution in [-0.2, 0) is 0 Å². The molecule has 1 aliphatic heterocycles. The van der Waals surface area contributed by atoms with Crippen molar-refractivity contribution in [1.82, 2.24) is 10.2 Å². The summed E-state index contributed by atoms with van der Waals surface area (Å²) in [6.07, 6.45) is 8.43. The van der Waals surface area contributed by atoms with E-state index in [2.05, 4.69) is 37.9 Å². The lowest BCUT2D eigenvalue weighted by Crippen LogP contribution is -2.54. The van der Waals surface area contributed by atoms with Gasteiger partial charge in [0.25, 0.3) is 0 Å². The molecule has 1 N–H and O–H groups in total. The fourth-order valence-electron chi connectivity index (χ4n) is 3.62. The molecule has 2 aliphatic rings. The molecule has 2 nitrogen and oxygen atoms in total. The molecule has 2 rings (SSSR count). The quantitative estimate of drug-likeness (QED) is 0.769. The first-order valence-electron chi connectivity index (χ1n) is 7.90. The van der Waals surface area contributed by atoms with Crippen LogP contribution in [0.15, 0.2) is 0 Å². The third-order valence-corrected chi connectivity index (χ3v) is 5.14. The fourth-order valence-corrected chi connectivity index (χ4v) is 3.62. The van der Waals surface area contributed by atoms with E-state index >= 15 is 0 Å². The molecule has 0 bridgehead atoms. The Hall–Kier alpha value is -0.0800. The van der Waals surface area contributed by atoms with E-state index in [9.17, 15) is 0 Å². The third-order valence-electron chi connectivity index (χ3n) is 5.14. The highest BCUT2D eigenvalue weighted by molar-refractivity contribution is 4.94. The molecule has 1 unspecified atom stereocenters. The van der Waals surface area contributed by atoms with Crippen LogP contribution in [0, 0.1) is 5.41 Å². The summed E-state index contributed by atoms with van der Waals surface area (Å²) in [5, 5.41) is 3.77. The molecule has 2 heteroatoms. The van der Waals surface area contributed by atoms with Gasteiger partial charge in [-0.3, -0.25) is 4.90 Å². The predicted octanol–water partition coefficient (Wildman–Crippen LogP) is 3.42. The summed E-state index contributed by atoms with van der Waals surface area (Å²) in [5.74, 6) is 0. The Kier molecular flexibility index (Phi) is 4.38. The van der Waals surface area contributed by atoms with E-state index in [4.69, 9.17) is 0 Å². The van der Waals surface area contributed by atoms with Crippen LogP contribution >= 0.6 is 0 Å². The van der Waals surface area contributed by atoms with E-state index in [0.717, 1.165) is 0 Å². The van der Waals surface area contributed by atoms with E-state index < -0.39 is 0 Å². The zero-order valence-electron chi connectivity index (χ0n) is 12.9. The summed E-state index contributed by atoms with van der Waals surface area (Å²) in [7, 11) is 0. The van der Waals surface area contributed by atoms with Crippen molar-refractivity contribution < 1.29 is 0 Å². The Morgan fingerprint density at radius 2 is 1.72 bits per heavy atom. The average Bonchev–Trinajstić information content (AvgIpc) is 2.55. The molecule has 1 saturated carbocycles. The van der Waals surface area contributed by atoms with Crippen LogP contribution in [-0.4, -0.2) is 36.1 Å². The van der Waals surface area contributed by atoms with Crippen molar-refractivity contribution in [3.05, 3.63) is 0 Å². The van der Waals surface area contributed by atoms with Crippen molar-refractivity contribution in [2.75, 3.05) is 19.6 Å². The molecule has 0 amide bonds. The van der Waals surface area contributed by atoms with Crippen LogP contribution in [0.1, 0.15) is 66.2 Å². The second-order valence-corrected chi connectivity index (χ2v) is 7.73. The van der Waals surface area contributed by atoms with Gasteiger partial charge in [0.05, 0.1) is 0 Å². The van der Waals surface area contributed by atoms with E-state index in [1.807, 2.05) is 0 Å². The Bertz CT molecular complexity index is 261. The fraction of sp³-hybridized carbons (Fsp3) is 1.00. The molecule has 0 aromatic carbocycles. The van der Waals surface area contributed by atoms with Crippen molar-refractivity contribution in [2.24, 2.45) is 5.41 Å². The topological polar surface area (TPSA) is 15.3 Å². The van der Waals surface area contributed by atoms with Gasteiger partial charge in [0, 0.05) is 18.1 Å². The van der Waals surface area contributed by atoms with Crippen molar-refractivity contribution in [3.63, 3.8) is 0 Å². The van der Waals surface area contributed by atoms with Gasteiger partial charge in [-0.1, -0.05) is 40.0 Å². The molecule has 1 atom stereocenters. The van der Waals surface area contributed by atoms with Crippen molar-refractivity contribution in [1.29, 1.82) is 0 Å². The van der Waals surface area contributed by atoms with Crippen LogP contribution in [0.5, 0.6) is 0 Å². The van der Waals surface area contributed by atoms with Crippen molar-refractivity contribution in [2.45, 2.75) is 77.8 Å². The molecular formula is C16H32N2. The van der Waals surface area contributed by atoms with Crippen molar-refractivity contribution >= 4 is 0 Å².